The topological polar surface area (TPSA) is 79.4 Å². The Morgan fingerprint density at radius 3 is 2.40 bits per heavy atom. The van der Waals surface area contributed by atoms with Gasteiger partial charge in [0, 0.05) is 11.1 Å². The summed E-state index contributed by atoms with van der Waals surface area (Å²) in [4.78, 5) is 12.8. The van der Waals surface area contributed by atoms with Crippen LogP contribution in [0.4, 0.5) is 5.82 Å². The molecule has 1 aromatic heterocycles. The number of hydrogen-bond acceptors (Lipinski definition) is 5. The first-order valence-electron chi connectivity index (χ1n) is 7.43. The van der Waals surface area contributed by atoms with E-state index in [0.29, 0.717) is 27.2 Å². The molecule has 0 spiro atoms. The number of anilines is 1. The summed E-state index contributed by atoms with van der Waals surface area (Å²) in [5, 5.41) is 4.38. The van der Waals surface area contributed by atoms with Crippen LogP contribution in [0.1, 0.15) is 10.4 Å². The average Bonchev–Trinajstić information content (AvgIpc) is 2.96. The van der Waals surface area contributed by atoms with Crippen molar-refractivity contribution in [2.75, 3.05) is 20.0 Å². The van der Waals surface area contributed by atoms with E-state index in [2.05, 4.69) is 21.0 Å². The lowest BCUT2D eigenvalue weighted by Crippen LogP contribution is -2.16. The molecular formula is C18H16BrN3O3. The molecular weight excluding hydrogens is 386 g/mol. The van der Waals surface area contributed by atoms with E-state index in [4.69, 9.17) is 15.2 Å². The minimum Gasteiger partial charge on any atom is -0.493 e. The number of benzene rings is 2. The fourth-order valence-electron chi connectivity index (χ4n) is 2.44. The maximum absolute atomic E-state index is 12.8. The zero-order valence-corrected chi connectivity index (χ0v) is 15.3. The van der Waals surface area contributed by atoms with E-state index < -0.39 is 0 Å². The van der Waals surface area contributed by atoms with Crippen molar-refractivity contribution in [2.45, 2.75) is 0 Å². The number of methoxy groups -OCH3 is 2. The number of nitrogen functional groups attached to an aromatic ring is 1. The molecule has 0 radical (unpaired) electrons. The van der Waals surface area contributed by atoms with Gasteiger partial charge in [0.25, 0.3) is 5.91 Å². The third-order valence-electron chi connectivity index (χ3n) is 3.73. The molecule has 2 N–H and O–H groups in total. The Labute approximate surface area is 153 Å². The predicted octanol–water partition coefficient (Wildman–Crippen LogP) is 3.60. The molecule has 0 saturated heterocycles. The van der Waals surface area contributed by atoms with Crippen molar-refractivity contribution in [1.29, 1.82) is 0 Å². The van der Waals surface area contributed by atoms with Gasteiger partial charge in [0.15, 0.2) is 11.5 Å². The van der Waals surface area contributed by atoms with E-state index in [0.717, 1.165) is 5.56 Å². The van der Waals surface area contributed by atoms with Gasteiger partial charge in [-0.2, -0.15) is 9.78 Å². The number of carbonyl (C=O) groups excluding carboxylic acids is 1. The molecule has 0 unspecified atom stereocenters. The molecule has 0 bridgehead atoms. The van der Waals surface area contributed by atoms with Gasteiger partial charge in [-0.15, -0.1) is 0 Å². The Bertz CT molecular complexity index is 923. The van der Waals surface area contributed by atoms with Crippen LogP contribution in [0.25, 0.3) is 11.3 Å². The van der Waals surface area contributed by atoms with Gasteiger partial charge in [-0.1, -0.05) is 30.3 Å². The molecule has 3 rings (SSSR count). The lowest BCUT2D eigenvalue weighted by molar-refractivity contribution is 0.0948. The minimum absolute atomic E-state index is 0.235. The number of aromatic nitrogens is 2. The van der Waals surface area contributed by atoms with Gasteiger partial charge in [0.05, 0.1) is 18.7 Å². The lowest BCUT2D eigenvalue weighted by atomic mass is 10.1. The second-order valence-corrected chi connectivity index (χ2v) is 5.99. The predicted molar refractivity (Wildman–Crippen MR) is 99.0 cm³/mol. The van der Waals surface area contributed by atoms with Gasteiger partial charge in [-0.05, 0) is 34.1 Å². The van der Waals surface area contributed by atoms with Gasteiger partial charge in [-0.25, -0.2) is 0 Å². The number of ether oxygens (including phenoxy) is 2. The minimum atomic E-state index is -0.360. The van der Waals surface area contributed by atoms with Gasteiger partial charge in [0.1, 0.15) is 11.5 Å². The summed E-state index contributed by atoms with van der Waals surface area (Å²) >= 11 is 3.42. The molecule has 0 aliphatic heterocycles. The van der Waals surface area contributed by atoms with Crippen LogP contribution in [-0.4, -0.2) is 29.9 Å². The highest BCUT2D eigenvalue weighted by Crippen LogP contribution is 2.33. The molecule has 0 atom stereocenters. The molecule has 2 aromatic carbocycles. The van der Waals surface area contributed by atoms with Crippen molar-refractivity contribution in [3.63, 3.8) is 0 Å². The third kappa shape index (κ3) is 3.10. The molecule has 0 saturated carbocycles. The quantitative estimate of drug-likeness (QED) is 0.722. The number of carbonyl (C=O) groups is 1. The molecule has 6 nitrogen and oxygen atoms in total. The zero-order valence-electron chi connectivity index (χ0n) is 13.7. The maximum atomic E-state index is 12.8. The highest BCUT2D eigenvalue weighted by atomic mass is 79.9. The first kappa shape index (κ1) is 17.0. The third-order valence-corrected chi connectivity index (χ3v) is 4.51. The Morgan fingerprint density at radius 2 is 1.76 bits per heavy atom. The van der Waals surface area contributed by atoms with Crippen molar-refractivity contribution in [3.8, 4) is 22.8 Å². The zero-order chi connectivity index (χ0) is 18.0. The Morgan fingerprint density at radius 1 is 1.08 bits per heavy atom. The summed E-state index contributed by atoms with van der Waals surface area (Å²) in [6.07, 6.45) is 0. The fourth-order valence-corrected chi connectivity index (χ4v) is 2.92. The molecule has 1 heterocycles. The van der Waals surface area contributed by atoms with Crippen LogP contribution in [0, 0.1) is 0 Å². The van der Waals surface area contributed by atoms with Crippen molar-refractivity contribution in [2.24, 2.45) is 0 Å². The standard InChI is InChI=1S/C18H16BrN3O3/c1-24-13-9-8-12(10-14(13)25-2)18(23)22-17(20)15(19)16(21-22)11-6-4-3-5-7-11/h3-10H,20H2,1-2H3. The molecule has 0 fully saturated rings. The monoisotopic (exact) mass is 401 g/mol. The van der Waals surface area contributed by atoms with Gasteiger partial charge in [-0.3, -0.25) is 4.79 Å². The van der Waals surface area contributed by atoms with E-state index in [9.17, 15) is 4.79 Å². The van der Waals surface area contributed by atoms with Gasteiger partial charge < -0.3 is 15.2 Å². The summed E-state index contributed by atoms with van der Waals surface area (Å²) in [5.41, 5.74) is 7.94. The van der Waals surface area contributed by atoms with Crippen molar-refractivity contribution in [1.82, 2.24) is 9.78 Å². The smallest absolute Gasteiger partial charge is 0.280 e. The summed E-state index contributed by atoms with van der Waals surface area (Å²) in [5.74, 6) is 0.875. The molecule has 0 aliphatic carbocycles. The number of nitrogens with zero attached hydrogens (tertiary/aromatic N) is 2. The van der Waals surface area contributed by atoms with Crippen LogP contribution in [0.2, 0.25) is 0 Å². The van der Waals surface area contributed by atoms with Crippen molar-refractivity contribution in [3.05, 3.63) is 58.6 Å². The summed E-state index contributed by atoms with van der Waals surface area (Å²) in [7, 11) is 3.05. The highest BCUT2D eigenvalue weighted by Gasteiger charge is 2.21. The normalized spacial score (nSPS) is 10.5. The Balaban J connectivity index is 2.04. The number of halogens is 1. The highest BCUT2D eigenvalue weighted by molar-refractivity contribution is 9.10. The Hall–Kier alpha value is -2.80. The summed E-state index contributed by atoms with van der Waals surface area (Å²) < 4.78 is 12.2. The van der Waals surface area contributed by atoms with Crippen LogP contribution in [-0.2, 0) is 0 Å². The molecule has 7 heteroatoms. The number of nitrogens with two attached hydrogens (primary N) is 1. The molecule has 3 aromatic rings. The first-order chi connectivity index (χ1) is 12.1. The summed E-state index contributed by atoms with van der Waals surface area (Å²) in [6.45, 7) is 0. The molecule has 0 aliphatic rings. The van der Waals surface area contributed by atoms with Crippen LogP contribution < -0.4 is 15.2 Å². The Kier molecular flexibility index (Phi) is 4.76. The second-order valence-electron chi connectivity index (χ2n) is 5.20. The van der Waals surface area contributed by atoms with Gasteiger partial charge >= 0.3 is 0 Å². The number of rotatable bonds is 4. The summed E-state index contributed by atoms with van der Waals surface area (Å²) in [6, 6.07) is 14.4. The van der Waals surface area contributed by atoms with E-state index in [1.807, 2.05) is 30.3 Å². The average molecular weight is 402 g/mol. The molecule has 128 valence electrons. The van der Waals surface area contributed by atoms with E-state index in [1.165, 1.54) is 18.9 Å². The fraction of sp³-hybridized carbons (Fsp3) is 0.111. The molecule has 25 heavy (non-hydrogen) atoms. The van der Waals surface area contributed by atoms with E-state index in [-0.39, 0.29) is 11.7 Å². The van der Waals surface area contributed by atoms with Crippen LogP contribution in [0.15, 0.2) is 53.0 Å². The van der Waals surface area contributed by atoms with E-state index >= 15 is 0 Å². The largest absolute Gasteiger partial charge is 0.493 e. The molecule has 0 amide bonds. The van der Waals surface area contributed by atoms with Crippen LogP contribution in [0.5, 0.6) is 11.5 Å². The van der Waals surface area contributed by atoms with Crippen LogP contribution in [0.3, 0.4) is 0 Å². The van der Waals surface area contributed by atoms with Crippen LogP contribution >= 0.6 is 15.9 Å². The number of hydrogen-bond donors (Lipinski definition) is 1. The van der Waals surface area contributed by atoms with Crippen molar-refractivity contribution < 1.29 is 14.3 Å². The lowest BCUT2D eigenvalue weighted by Gasteiger charge is -2.09. The first-order valence-corrected chi connectivity index (χ1v) is 8.22. The SMILES string of the molecule is COc1ccc(C(=O)n2nc(-c3ccccc3)c(Br)c2N)cc1OC. The van der Waals surface area contributed by atoms with Gasteiger partial charge in [0.2, 0.25) is 0 Å². The second kappa shape index (κ2) is 6.98. The maximum Gasteiger partial charge on any atom is 0.280 e. The van der Waals surface area contributed by atoms with E-state index in [1.54, 1.807) is 18.2 Å². The van der Waals surface area contributed by atoms with Crippen molar-refractivity contribution >= 4 is 27.7 Å².